The van der Waals surface area contributed by atoms with Gasteiger partial charge in [-0.25, -0.2) is 0 Å². The molecule has 1 saturated heterocycles. The maximum Gasteiger partial charge on any atom is 0.408 e. The van der Waals surface area contributed by atoms with Gasteiger partial charge in [-0.1, -0.05) is 11.6 Å². The molecule has 0 radical (unpaired) electrons. The van der Waals surface area contributed by atoms with Crippen LogP contribution in [0.3, 0.4) is 0 Å². The van der Waals surface area contributed by atoms with Crippen LogP contribution in [0.4, 0.5) is 24.9 Å². The maximum absolute atomic E-state index is 13.9. The molecule has 30 heavy (non-hydrogen) atoms. The second-order valence-corrected chi connectivity index (χ2v) is 9.53. The topological polar surface area (TPSA) is 50.6 Å². The van der Waals surface area contributed by atoms with E-state index in [1.807, 2.05) is 18.7 Å². The molecule has 11 heteroatoms. The van der Waals surface area contributed by atoms with Crippen molar-refractivity contribution in [1.82, 2.24) is 9.55 Å². The first-order chi connectivity index (χ1) is 14.1. The zero-order chi connectivity index (χ0) is 21.6. The summed E-state index contributed by atoms with van der Waals surface area (Å²) in [6.07, 6.45) is -4.65. The molecule has 4 heterocycles. The Morgan fingerprint density at radius 2 is 1.97 bits per heavy atom. The Hall–Kier alpha value is -1.78. The van der Waals surface area contributed by atoms with Crippen LogP contribution in [0.2, 0.25) is 4.34 Å². The van der Waals surface area contributed by atoms with Crippen LogP contribution in [0.15, 0.2) is 23.0 Å². The molecular formula is C19H22ClF3N4O2S. The van der Waals surface area contributed by atoms with Gasteiger partial charge in [0.15, 0.2) is 0 Å². The summed E-state index contributed by atoms with van der Waals surface area (Å²) in [5.41, 5.74) is -0.351. The van der Waals surface area contributed by atoms with Crippen LogP contribution in [-0.2, 0) is 17.8 Å². The van der Waals surface area contributed by atoms with Gasteiger partial charge in [-0.3, -0.25) is 9.36 Å². The molecule has 4 rings (SSSR count). The zero-order valence-electron chi connectivity index (χ0n) is 16.5. The van der Waals surface area contributed by atoms with Crippen molar-refractivity contribution in [2.75, 3.05) is 23.0 Å². The first-order valence-electron chi connectivity index (χ1n) is 9.70. The summed E-state index contributed by atoms with van der Waals surface area (Å²) in [5, 5.41) is 0. The summed E-state index contributed by atoms with van der Waals surface area (Å²) in [5.74, 6) is 0.424. The molecule has 2 aromatic rings. The molecule has 0 N–H and O–H groups in total. The number of aromatic nitrogens is 2. The lowest BCUT2D eigenvalue weighted by molar-refractivity contribution is -0.153. The van der Waals surface area contributed by atoms with E-state index in [0.717, 1.165) is 0 Å². The van der Waals surface area contributed by atoms with Gasteiger partial charge in [-0.2, -0.15) is 18.2 Å². The average molecular weight is 463 g/mol. The van der Waals surface area contributed by atoms with Gasteiger partial charge >= 0.3 is 6.18 Å². The lowest BCUT2D eigenvalue weighted by atomic mass is 10.1. The summed E-state index contributed by atoms with van der Waals surface area (Å²) in [6.45, 7) is 4.77. The van der Waals surface area contributed by atoms with E-state index in [1.165, 1.54) is 26.9 Å². The summed E-state index contributed by atoms with van der Waals surface area (Å²) < 4.78 is 49.0. The SMILES string of the molecule is CC1COC[C@@H](C)N1c1cc(=O)n2c(n1)N(Cc1ccc(Cl)s1)C(C(F)(F)F)CC2. The summed E-state index contributed by atoms with van der Waals surface area (Å²) in [6, 6.07) is 2.96. The highest BCUT2D eigenvalue weighted by Gasteiger charge is 2.47. The average Bonchev–Trinajstić information content (AvgIpc) is 3.06. The number of ether oxygens (including phenoxy) is 1. The first kappa shape index (κ1) is 21.5. The quantitative estimate of drug-likeness (QED) is 0.692. The van der Waals surface area contributed by atoms with E-state index in [9.17, 15) is 18.0 Å². The van der Waals surface area contributed by atoms with Crippen molar-refractivity contribution < 1.29 is 17.9 Å². The Kier molecular flexibility index (Phi) is 5.75. The third kappa shape index (κ3) is 4.04. The van der Waals surface area contributed by atoms with Gasteiger partial charge in [0.1, 0.15) is 11.9 Å². The molecule has 1 fully saturated rings. The fourth-order valence-corrected chi connectivity index (χ4v) is 5.26. The number of fused-ring (bicyclic) bond motifs is 1. The Balaban J connectivity index is 1.80. The predicted molar refractivity (Wildman–Crippen MR) is 111 cm³/mol. The minimum absolute atomic E-state index is 0.0221. The number of alkyl halides is 3. The summed E-state index contributed by atoms with van der Waals surface area (Å²) in [4.78, 5) is 21.2. The number of hydrogen-bond donors (Lipinski definition) is 0. The van der Waals surface area contributed by atoms with E-state index in [-0.39, 0.29) is 43.1 Å². The number of halogens is 4. The van der Waals surface area contributed by atoms with E-state index < -0.39 is 12.2 Å². The highest BCUT2D eigenvalue weighted by atomic mass is 35.5. The summed E-state index contributed by atoms with van der Waals surface area (Å²) >= 11 is 7.20. The van der Waals surface area contributed by atoms with Crippen LogP contribution < -0.4 is 15.4 Å². The molecule has 6 nitrogen and oxygen atoms in total. The van der Waals surface area contributed by atoms with Crippen LogP contribution in [0.25, 0.3) is 0 Å². The Morgan fingerprint density at radius 1 is 1.27 bits per heavy atom. The number of rotatable bonds is 3. The monoisotopic (exact) mass is 462 g/mol. The van der Waals surface area contributed by atoms with E-state index in [1.54, 1.807) is 12.1 Å². The molecule has 0 aliphatic carbocycles. The lowest BCUT2D eigenvalue weighted by Crippen LogP contribution is -2.53. The van der Waals surface area contributed by atoms with Gasteiger partial charge in [-0.15, -0.1) is 11.3 Å². The minimum atomic E-state index is -4.44. The van der Waals surface area contributed by atoms with Gasteiger partial charge in [0.2, 0.25) is 5.95 Å². The lowest BCUT2D eigenvalue weighted by Gasteiger charge is -2.42. The second-order valence-electron chi connectivity index (χ2n) is 7.73. The third-order valence-electron chi connectivity index (χ3n) is 5.50. The van der Waals surface area contributed by atoms with Gasteiger partial charge in [0, 0.05) is 17.5 Å². The third-order valence-corrected chi connectivity index (χ3v) is 6.71. The van der Waals surface area contributed by atoms with Crippen LogP contribution in [0.5, 0.6) is 0 Å². The van der Waals surface area contributed by atoms with Crippen molar-refractivity contribution in [2.45, 2.75) is 57.7 Å². The molecule has 2 aliphatic rings. The molecule has 164 valence electrons. The zero-order valence-corrected chi connectivity index (χ0v) is 18.1. The van der Waals surface area contributed by atoms with Crippen molar-refractivity contribution in [2.24, 2.45) is 0 Å². The van der Waals surface area contributed by atoms with Crippen LogP contribution in [0, 0.1) is 0 Å². The highest BCUT2D eigenvalue weighted by molar-refractivity contribution is 7.16. The summed E-state index contributed by atoms with van der Waals surface area (Å²) in [7, 11) is 0. The minimum Gasteiger partial charge on any atom is -0.377 e. The molecule has 2 aromatic heterocycles. The fourth-order valence-electron chi connectivity index (χ4n) is 4.17. The molecule has 0 saturated carbocycles. The van der Waals surface area contributed by atoms with Crippen molar-refractivity contribution >= 4 is 34.7 Å². The second kappa shape index (κ2) is 8.05. The standard InChI is InChI=1S/C19H22ClF3N4O2S/c1-11-9-29-10-12(2)27(11)16-7-17(28)25-6-5-14(19(21,22)23)26(18(25)24-16)8-13-3-4-15(20)30-13/h3-4,7,11-12,14H,5-6,8-10H2,1-2H3/t11-,12?,14?/m1/s1. The number of morpholine rings is 1. The van der Waals surface area contributed by atoms with Gasteiger partial charge < -0.3 is 14.5 Å². The molecular weight excluding hydrogens is 441 g/mol. The van der Waals surface area contributed by atoms with Crippen molar-refractivity contribution in [3.05, 3.63) is 37.8 Å². The van der Waals surface area contributed by atoms with Gasteiger partial charge in [0.05, 0.1) is 36.2 Å². The highest BCUT2D eigenvalue weighted by Crippen LogP contribution is 2.37. The number of hydrogen-bond acceptors (Lipinski definition) is 6. The molecule has 3 atom stereocenters. The maximum atomic E-state index is 13.9. The smallest absolute Gasteiger partial charge is 0.377 e. The predicted octanol–water partition coefficient (Wildman–Crippen LogP) is 3.91. The largest absolute Gasteiger partial charge is 0.408 e. The van der Waals surface area contributed by atoms with Gasteiger partial charge in [0.25, 0.3) is 5.56 Å². The van der Waals surface area contributed by atoms with E-state index in [0.29, 0.717) is 28.2 Å². The molecule has 0 bridgehead atoms. The molecule has 2 aliphatic heterocycles. The Morgan fingerprint density at radius 3 is 2.57 bits per heavy atom. The Bertz CT molecular complexity index is 969. The molecule has 0 aromatic carbocycles. The molecule has 0 spiro atoms. The van der Waals surface area contributed by atoms with E-state index in [4.69, 9.17) is 16.3 Å². The number of nitrogens with zero attached hydrogens (tertiary/aromatic N) is 4. The van der Waals surface area contributed by atoms with Crippen LogP contribution in [0.1, 0.15) is 25.1 Å². The first-order valence-corrected chi connectivity index (χ1v) is 10.9. The molecule has 0 amide bonds. The van der Waals surface area contributed by atoms with Crippen molar-refractivity contribution in [1.29, 1.82) is 0 Å². The Labute approximate surface area is 180 Å². The van der Waals surface area contributed by atoms with Crippen LogP contribution in [-0.4, -0.2) is 47.1 Å². The van der Waals surface area contributed by atoms with Gasteiger partial charge in [-0.05, 0) is 32.4 Å². The van der Waals surface area contributed by atoms with Crippen LogP contribution >= 0.6 is 22.9 Å². The van der Waals surface area contributed by atoms with E-state index in [2.05, 4.69) is 4.98 Å². The van der Waals surface area contributed by atoms with Crippen molar-refractivity contribution in [3.8, 4) is 0 Å². The van der Waals surface area contributed by atoms with Crippen molar-refractivity contribution in [3.63, 3.8) is 0 Å². The van der Waals surface area contributed by atoms with E-state index >= 15 is 0 Å². The molecule has 2 unspecified atom stereocenters. The number of thiophene rings is 1. The normalized spacial score (nSPS) is 24.8. The number of anilines is 2. The fraction of sp³-hybridized carbons (Fsp3) is 0.579.